The van der Waals surface area contributed by atoms with Gasteiger partial charge in [-0.1, -0.05) is 6.07 Å². The quantitative estimate of drug-likeness (QED) is 0.738. The largest absolute Gasteiger partial charge is 0.440 e. The minimum atomic E-state index is -1.18. The molecule has 0 fully saturated rings. The van der Waals surface area contributed by atoms with Crippen molar-refractivity contribution in [1.29, 1.82) is 0 Å². The van der Waals surface area contributed by atoms with Crippen molar-refractivity contribution in [2.24, 2.45) is 0 Å². The van der Waals surface area contributed by atoms with Crippen LogP contribution in [0.5, 0.6) is 0 Å². The molecule has 3 aromatic heterocycles. The molecule has 0 saturated carbocycles. The molecule has 3 heterocycles. The third-order valence-corrected chi connectivity index (χ3v) is 4.47. The summed E-state index contributed by atoms with van der Waals surface area (Å²) in [6.07, 6.45) is 3.13. The Hall–Kier alpha value is -1.80. The summed E-state index contributed by atoms with van der Waals surface area (Å²) in [6.45, 7) is 2.31. The van der Waals surface area contributed by atoms with Crippen molar-refractivity contribution in [2.75, 3.05) is 6.26 Å². The number of aromatic nitrogens is 4. The zero-order chi connectivity index (χ0) is 14.1. The van der Waals surface area contributed by atoms with Gasteiger partial charge in [-0.3, -0.25) is 4.21 Å². The molecule has 0 aliphatic rings. The van der Waals surface area contributed by atoms with Crippen molar-refractivity contribution >= 4 is 22.1 Å². The van der Waals surface area contributed by atoms with Gasteiger partial charge in [0.05, 0.1) is 22.2 Å². The van der Waals surface area contributed by atoms with E-state index in [0.29, 0.717) is 17.6 Å². The first-order chi connectivity index (χ1) is 9.65. The number of hydrogen-bond acceptors (Lipinski definition) is 6. The van der Waals surface area contributed by atoms with Gasteiger partial charge in [-0.2, -0.15) is 0 Å². The number of rotatable bonds is 4. The number of aryl methyl sites for hydroxylation is 1. The molecule has 104 valence electrons. The molecule has 3 aromatic rings. The lowest BCUT2D eigenvalue weighted by Crippen LogP contribution is -2.06. The lowest BCUT2D eigenvalue weighted by Gasteiger charge is -2.01. The lowest BCUT2D eigenvalue weighted by atomic mass is 10.3. The van der Waals surface area contributed by atoms with Crippen LogP contribution in [0.4, 0.5) is 0 Å². The van der Waals surface area contributed by atoms with E-state index in [1.807, 2.05) is 24.4 Å². The van der Waals surface area contributed by atoms with E-state index >= 15 is 0 Å². The van der Waals surface area contributed by atoms with E-state index < -0.39 is 10.8 Å². The monoisotopic (exact) mass is 308 g/mol. The molecule has 20 heavy (non-hydrogen) atoms. The number of thiophene rings is 1. The highest BCUT2D eigenvalue weighted by molar-refractivity contribution is 7.84. The van der Waals surface area contributed by atoms with Crippen LogP contribution >= 0.6 is 11.3 Å². The fourth-order valence-electron chi connectivity index (χ4n) is 1.82. The van der Waals surface area contributed by atoms with Gasteiger partial charge >= 0.3 is 0 Å². The summed E-state index contributed by atoms with van der Waals surface area (Å²) in [5, 5.41) is 10.1. The lowest BCUT2D eigenvalue weighted by molar-refractivity contribution is 0.537. The fourth-order valence-corrected chi connectivity index (χ4v) is 3.07. The second kappa shape index (κ2) is 5.29. The zero-order valence-corrected chi connectivity index (χ0v) is 12.6. The van der Waals surface area contributed by atoms with Gasteiger partial charge in [0.1, 0.15) is 17.8 Å². The molecule has 0 aromatic carbocycles. The van der Waals surface area contributed by atoms with E-state index in [9.17, 15) is 4.21 Å². The number of hydrogen-bond donors (Lipinski definition) is 0. The predicted octanol–water partition coefficient (Wildman–Crippen LogP) is 2.09. The summed E-state index contributed by atoms with van der Waals surface area (Å²) in [5.41, 5.74) is 0.792. The van der Waals surface area contributed by atoms with Crippen molar-refractivity contribution in [3.05, 3.63) is 35.3 Å². The summed E-state index contributed by atoms with van der Waals surface area (Å²) < 4.78 is 18.9. The maximum atomic E-state index is 11.5. The summed E-state index contributed by atoms with van der Waals surface area (Å²) in [5.74, 6) is 1.36. The standard InChI is InChI=1S/C12H12N4O2S2/c1-8-9(6-16-7-13-15-12(16)20(2)17)14-11(18-8)10-4-3-5-19-10/h3-5,7H,6H2,1-2H3/t20-/m1/s1. The Balaban J connectivity index is 1.92. The van der Waals surface area contributed by atoms with E-state index in [-0.39, 0.29) is 0 Å². The van der Waals surface area contributed by atoms with Crippen LogP contribution in [0.2, 0.25) is 0 Å². The SMILES string of the molecule is Cc1oc(-c2cccs2)nc1Cn1cnnc1[S@@](C)=O. The van der Waals surface area contributed by atoms with Gasteiger partial charge in [0, 0.05) is 6.26 Å². The molecular weight excluding hydrogens is 296 g/mol. The van der Waals surface area contributed by atoms with E-state index in [1.54, 1.807) is 28.5 Å². The van der Waals surface area contributed by atoms with E-state index in [4.69, 9.17) is 4.42 Å². The first-order valence-electron chi connectivity index (χ1n) is 5.86. The predicted molar refractivity (Wildman–Crippen MR) is 76.0 cm³/mol. The summed E-state index contributed by atoms with van der Waals surface area (Å²) in [7, 11) is -1.18. The van der Waals surface area contributed by atoms with Crippen LogP contribution in [0.1, 0.15) is 11.5 Å². The molecule has 0 unspecified atom stereocenters. The van der Waals surface area contributed by atoms with Crippen LogP contribution in [0, 0.1) is 6.92 Å². The van der Waals surface area contributed by atoms with Gasteiger partial charge in [0.25, 0.3) is 0 Å². The van der Waals surface area contributed by atoms with Crippen molar-refractivity contribution in [2.45, 2.75) is 18.6 Å². The van der Waals surface area contributed by atoms with Crippen molar-refractivity contribution in [1.82, 2.24) is 19.7 Å². The molecule has 0 saturated heterocycles. The third-order valence-electron chi connectivity index (χ3n) is 2.78. The maximum absolute atomic E-state index is 11.5. The molecular formula is C12H12N4O2S2. The molecule has 0 spiro atoms. The van der Waals surface area contributed by atoms with Crippen LogP contribution in [0.15, 0.2) is 33.4 Å². The van der Waals surface area contributed by atoms with E-state index in [0.717, 1.165) is 16.3 Å². The van der Waals surface area contributed by atoms with Crippen molar-refractivity contribution in [3.63, 3.8) is 0 Å². The van der Waals surface area contributed by atoms with Crippen LogP contribution < -0.4 is 0 Å². The van der Waals surface area contributed by atoms with Gasteiger partial charge in [-0.05, 0) is 18.4 Å². The van der Waals surface area contributed by atoms with Crippen LogP contribution in [-0.4, -0.2) is 30.2 Å². The molecule has 0 aliphatic carbocycles. The third kappa shape index (κ3) is 2.44. The van der Waals surface area contributed by atoms with E-state index in [1.165, 1.54) is 0 Å². The normalized spacial score (nSPS) is 12.7. The van der Waals surface area contributed by atoms with E-state index in [2.05, 4.69) is 15.2 Å². The molecule has 8 heteroatoms. The Morgan fingerprint density at radius 1 is 1.50 bits per heavy atom. The van der Waals surface area contributed by atoms with Crippen LogP contribution in [-0.2, 0) is 17.3 Å². The fraction of sp³-hybridized carbons (Fsp3) is 0.250. The average Bonchev–Trinajstić information content (AvgIpc) is 3.11. The van der Waals surface area contributed by atoms with Crippen molar-refractivity contribution in [3.8, 4) is 10.8 Å². The molecule has 0 amide bonds. The molecule has 0 aliphatic heterocycles. The highest BCUT2D eigenvalue weighted by atomic mass is 32.2. The Labute approximate surface area is 121 Å². The molecule has 0 bridgehead atoms. The minimum Gasteiger partial charge on any atom is -0.440 e. The maximum Gasteiger partial charge on any atom is 0.236 e. The van der Waals surface area contributed by atoms with Gasteiger partial charge < -0.3 is 8.98 Å². The van der Waals surface area contributed by atoms with Crippen molar-refractivity contribution < 1.29 is 8.63 Å². The Kier molecular flexibility index (Phi) is 3.49. The smallest absolute Gasteiger partial charge is 0.236 e. The average molecular weight is 308 g/mol. The molecule has 1 atom stereocenters. The topological polar surface area (TPSA) is 73.8 Å². The first kappa shape index (κ1) is 13.2. The molecule has 0 N–H and O–H groups in total. The summed E-state index contributed by atoms with van der Waals surface area (Å²) >= 11 is 1.58. The van der Waals surface area contributed by atoms with Crippen LogP contribution in [0.3, 0.4) is 0 Å². The molecule has 6 nitrogen and oxygen atoms in total. The highest BCUT2D eigenvalue weighted by Gasteiger charge is 2.15. The van der Waals surface area contributed by atoms with Gasteiger partial charge in [0.15, 0.2) is 0 Å². The first-order valence-corrected chi connectivity index (χ1v) is 8.30. The Morgan fingerprint density at radius 3 is 3.05 bits per heavy atom. The van der Waals surface area contributed by atoms with Gasteiger partial charge in [-0.25, -0.2) is 4.98 Å². The summed E-state index contributed by atoms with van der Waals surface area (Å²) in [6, 6.07) is 3.92. The number of oxazole rings is 1. The zero-order valence-electron chi connectivity index (χ0n) is 10.9. The second-order valence-electron chi connectivity index (χ2n) is 4.19. The minimum absolute atomic E-state index is 0.435. The number of nitrogens with zero attached hydrogens (tertiary/aromatic N) is 4. The molecule has 3 rings (SSSR count). The van der Waals surface area contributed by atoms with Gasteiger partial charge in [-0.15, -0.1) is 21.5 Å². The highest BCUT2D eigenvalue weighted by Crippen LogP contribution is 2.26. The van der Waals surface area contributed by atoms with Gasteiger partial charge in [0.2, 0.25) is 11.0 Å². The Bertz CT molecular complexity index is 745. The Morgan fingerprint density at radius 2 is 2.35 bits per heavy atom. The second-order valence-corrected chi connectivity index (χ2v) is 6.42. The van der Waals surface area contributed by atoms with Crippen LogP contribution in [0.25, 0.3) is 10.8 Å². The summed E-state index contributed by atoms with van der Waals surface area (Å²) in [4.78, 5) is 5.48. The molecule has 0 radical (unpaired) electrons.